The first-order chi connectivity index (χ1) is 9.47. The summed E-state index contributed by atoms with van der Waals surface area (Å²) < 4.78 is 18.8. The van der Waals surface area contributed by atoms with Crippen LogP contribution in [0.1, 0.15) is 45.3 Å². The van der Waals surface area contributed by atoms with E-state index < -0.39 is 11.9 Å². The maximum atomic E-state index is 13.7. The van der Waals surface area contributed by atoms with Crippen LogP contribution in [0.2, 0.25) is 0 Å². The molecule has 0 saturated heterocycles. The highest BCUT2D eigenvalue weighted by atomic mass is 19.1. The molecule has 0 heterocycles. The molecule has 1 aromatic carbocycles. The van der Waals surface area contributed by atoms with E-state index in [1.54, 1.807) is 13.0 Å². The van der Waals surface area contributed by atoms with E-state index >= 15 is 0 Å². The van der Waals surface area contributed by atoms with Crippen LogP contribution >= 0.6 is 0 Å². The van der Waals surface area contributed by atoms with Crippen molar-refractivity contribution < 1.29 is 19.0 Å². The fourth-order valence-electron chi connectivity index (χ4n) is 1.80. The number of hydrogen-bond donors (Lipinski definition) is 2. The lowest BCUT2D eigenvalue weighted by molar-refractivity contribution is -0.123. The van der Waals surface area contributed by atoms with Crippen LogP contribution in [0.15, 0.2) is 18.2 Å². The molecule has 0 saturated carbocycles. The molecule has 0 bridgehead atoms. The molecule has 1 rings (SSSR count). The van der Waals surface area contributed by atoms with Crippen LogP contribution in [0.3, 0.4) is 0 Å². The van der Waals surface area contributed by atoms with Crippen molar-refractivity contribution in [3.63, 3.8) is 0 Å². The second-order valence-electron chi connectivity index (χ2n) is 4.74. The first-order valence-electron chi connectivity index (χ1n) is 6.87. The Kier molecular flexibility index (Phi) is 6.45. The average molecular weight is 283 g/mol. The number of ether oxygens (including phenoxy) is 1. The molecule has 1 atom stereocenters. The summed E-state index contributed by atoms with van der Waals surface area (Å²) in [6, 6.07) is 4.32. The number of amides is 1. The standard InChI is InChI=1S/C15H22FNO3/c1-4-12(5-2)17-15(19)9-20-14-7-6-11(10(3)18)8-13(14)16/h6-8,10,12,18H,4-5,9H2,1-3H3,(H,17,19). The van der Waals surface area contributed by atoms with Crippen LogP contribution in [0.4, 0.5) is 4.39 Å². The number of aliphatic hydroxyl groups excluding tert-OH is 1. The van der Waals surface area contributed by atoms with E-state index in [0.717, 1.165) is 12.8 Å². The molecule has 0 aliphatic heterocycles. The molecule has 4 nitrogen and oxygen atoms in total. The maximum Gasteiger partial charge on any atom is 0.258 e. The molecule has 0 fully saturated rings. The Bertz CT molecular complexity index is 445. The smallest absolute Gasteiger partial charge is 0.258 e. The van der Waals surface area contributed by atoms with Gasteiger partial charge >= 0.3 is 0 Å². The minimum absolute atomic E-state index is 0.00842. The molecular weight excluding hydrogens is 261 g/mol. The molecule has 1 amide bonds. The lowest BCUT2D eigenvalue weighted by Crippen LogP contribution is -2.37. The Morgan fingerprint density at radius 1 is 1.40 bits per heavy atom. The summed E-state index contributed by atoms with van der Waals surface area (Å²) in [6.45, 7) is 5.31. The summed E-state index contributed by atoms with van der Waals surface area (Å²) in [5.74, 6) is -0.842. The van der Waals surface area contributed by atoms with Gasteiger partial charge in [-0.15, -0.1) is 0 Å². The van der Waals surface area contributed by atoms with Crippen molar-refractivity contribution in [2.75, 3.05) is 6.61 Å². The van der Waals surface area contributed by atoms with Gasteiger partial charge in [0.2, 0.25) is 0 Å². The van der Waals surface area contributed by atoms with Crippen molar-refractivity contribution in [3.05, 3.63) is 29.6 Å². The normalized spacial score (nSPS) is 12.3. The predicted octanol–water partition coefficient (Wildman–Crippen LogP) is 2.56. The third-order valence-corrected chi connectivity index (χ3v) is 3.15. The number of rotatable bonds is 7. The van der Waals surface area contributed by atoms with Gasteiger partial charge in [0.15, 0.2) is 18.2 Å². The fourth-order valence-corrected chi connectivity index (χ4v) is 1.80. The molecule has 2 N–H and O–H groups in total. The quantitative estimate of drug-likeness (QED) is 0.808. The molecule has 0 aromatic heterocycles. The highest BCUT2D eigenvalue weighted by Gasteiger charge is 2.12. The minimum atomic E-state index is -0.739. The molecule has 0 radical (unpaired) electrons. The largest absolute Gasteiger partial charge is 0.481 e. The molecular formula is C15H22FNO3. The summed E-state index contributed by atoms with van der Waals surface area (Å²) in [5, 5.41) is 12.1. The topological polar surface area (TPSA) is 58.6 Å². The second-order valence-corrected chi connectivity index (χ2v) is 4.74. The van der Waals surface area contributed by atoms with Crippen molar-refractivity contribution in [1.82, 2.24) is 5.32 Å². The molecule has 20 heavy (non-hydrogen) atoms. The molecule has 0 aliphatic carbocycles. The van der Waals surface area contributed by atoms with E-state index in [9.17, 15) is 14.3 Å². The van der Waals surface area contributed by atoms with Crippen molar-refractivity contribution in [3.8, 4) is 5.75 Å². The molecule has 0 spiro atoms. The van der Waals surface area contributed by atoms with E-state index in [-0.39, 0.29) is 24.3 Å². The molecule has 1 aromatic rings. The van der Waals surface area contributed by atoms with Crippen LogP contribution in [0, 0.1) is 5.82 Å². The average Bonchev–Trinajstić information content (AvgIpc) is 2.43. The lowest BCUT2D eigenvalue weighted by atomic mass is 10.1. The molecule has 5 heteroatoms. The number of benzene rings is 1. The summed E-state index contributed by atoms with van der Waals surface area (Å²) in [5.41, 5.74) is 0.469. The molecule has 1 unspecified atom stereocenters. The van der Waals surface area contributed by atoms with Gasteiger partial charge in [0.1, 0.15) is 0 Å². The number of carbonyl (C=O) groups is 1. The second kappa shape index (κ2) is 7.85. The van der Waals surface area contributed by atoms with E-state index in [2.05, 4.69) is 5.32 Å². The van der Waals surface area contributed by atoms with Crippen molar-refractivity contribution >= 4 is 5.91 Å². The Balaban J connectivity index is 2.55. The van der Waals surface area contributed by atoms with Gasteiger partial charge in [-0.05, 0) is 37.5 Å². The highest BCUT2D eigenvalue weighted by Crippen LogP contribution is 2.21. The zero-order chi connectivity index (χ0) is 15.1. The van der Waals surface area contributed by atoms with Crippen LogP contribution in [-0.2, 0) is 4.79 Å². The van der Waals surface area contributed by atoms with Gasteiger partial charge in [-0.25, -0.2) is 4.39 Å². The zero-order valence-electron chi connectivity index (χ0n) is 12.1. The molecule has 112 valence electrons. The van der Waals surface area contributed by atoms with Crippen LogP contribution in [0.25, 0.3) is 0 Å². The molecule has 0 aliphatic rings. The SMILES string of the molecule is CCC(CC)NC(=O)COc1ccc(C(C)O)cc1F. The van der Waals surface area contributed by atoms with E-state index in [1.807, 2.05) is 13.8 Å². The van der Waals surface area contributed by atoms with Gasteiger partial charge in [-0.3, -0.25) is 4.79 Å². The monoisotopic (exact) mass is 283 g/mol. The fraction of sp³-hybridized carbons (Fsp3) is 0.533. The van der Waals surface area contributed by atoms with Crippen molar-refractivity contribution in [1.29, 1.82) is 0 Å². The number of aliphatic hydroxyl groups is 1. The van der Waals surface area contributed by atoms with E-state index in [4.69, 9.17) is 4.74 Å². The van der Waals surface area contributed by atoms with E-state index in [0.29, 0.717) is 5.56 Å². The third kappa shape index (κ3) is 4.81. The van der Waals surface area contributed by atoms with Gasteiger partial charge in [-0.1, -0.05) is 19.9 Å². The number of nitrogens with one attached hydrogen (secondary N) is 1. The number of halogens is 1. The van der Waals surface area contributed by atoms with Crippen LogP contribution < -0.4 is 10.1 Å². The van der Waals surface area contributed by atoms with Gasteiger partial charge in [0, 0.05) is 6.04 Å². The van der Waals surface area contributed by atoms with Gasteiger partial charge < -0.3 is 15.2 Å². The number of hydrogen-bond acceptors (Lipinski definition) is 3. The van der Waals surface area contributed by atoms with Crippen molar-refractivity contribution in [2.24, 2.45) is 0 Å². The number of carbonyl (C=O) groups excluding carboxylic acids is 1. The Labute approximate surface area is 119 Å². The van der Waals surface area contributed by atoms with Gasteiger partial charge in [0.05, 0.1) is 6.10 Å². The van der Waals surface area contributed by atoms with Crippen LogP contribution in [0.5, 0.6) is 5.75 Å². The Hall–Kier alpha value is -1.62. The predicted molar refractivity (Wildman–Crippen MR) is 75.0 cm³/mol. The lowest BCUT2D eigenvalue weighted by Gasteiger charge is -2.15. The summed E-state index contributed by atoms with van der Waals surface area (Å²) in [4.78, 5) is 11.6. The maximum absolute atomic E-state index is 13.7. The highest BCUT2D eigenvalue weighted by molar-refractivity contribution is 5.77. The van der Waals surface area contributed by atoms with E-state index in [1.165, 1.54) is 12.1 Å². The van der Waals surface area contributed by atoms with Crippen LogP contribution in [-0.4, -0.2) is 23.7 Å². The zero-order valence-corrected chi connectivity index (χ0v) is 12.1. The third-order valence-electron chi connectivity index (χ3n) is 3.15. The first kappa shape index (κ1) is 16.4. The first-order valence-corrected chi connectivity index (χ1v) is 6.87. The summed E-state index contributed by atoms with van der Waals surface area (Å²) in [6.07, 6.45) is 0.955. The Morgan fingerprint density at radius 3 is 2.55 bits per heavy atom. The Morgan fingerprint density at radius 2 is 2.05 bits per heavy atom. The van der Waals surface area contributed by atoms with Gasteiger partial charge in [-0.2, -0.15) is 0 Å². The summed E-state index contributed by atoms with van der Waals surface area (Å²) in [7, 11) is 0. The minimum Gasteiger partial charge on any atom is -0.481 e. The summed E-state index contributed by atoms with van der Waals surface area (Å²) >= 11 is 0. The van der Waals surface area contributed by atoms with Gasteiger partial charge in [0.25, 0.3) is 5.91 Å². The van der Waals surface area contributed by atoms with Crippen molar-refractivity contribution in [2.45, 2.75) is 45.8 Å².